The Morgan fingerprint density at radius 3 is 2.71 bits per heavy atom. The SMILES string of the molecule is CC(C1CC1)N(C)C(=O)NCCOCC(=O)O. The lowest BCUT2D eigenvalue weighted by molar-refractivity contribution is -0.142. The van der Waals surface area contributed by atoms with Crippen molar-refractivity contribution in [2.24, 2.45) is 5.92 Å². The number of hydrogen-bond acceptors (Lipinski definition) is 3. The molecule has 1 aliphatic rings. The number of aliphatic carboxylic acids is 1. The minimum Gasteiger partial charge on any atom is -0.480 e. The first-order valence-corrected chi connectivity index (χ1v) is 5.82. The second kappa shape index (κ2) is 6.44. The lowest BCUT2D eigenvalue weighted by Gasteiger charge is -2.25. The summed E-state index contributed by atoms with van der Waals surface area (Å²) in [6.45, 7) is 2.25. The van der Waals surface area contributed by atoms with E-state index in [9.17, 15) is 9.59 Å². The highest BCUT2D eigenvalue weighted by atomic mass is 16.5. The largest absolute Gasteiger partial charge is 0.480 e. The number of amides is 2. The van der Waals surface area contributed by atoms with E-state index in [1.807, 2.05) is 6.92 Å². The van der Waals surface area contributed by atoms with Gasteiger partial charge in [-0.15, -0.1) is 0 Å². The van der Waals surface area contributed by atoms with Crippen LogP contribution < -0.4 is 5.32 Å². The molecule has 0 aliphatic heterocycles. The number of nitrogens with zero attached hydrogens (tertiary/aromatic N) is 1. The summed E-state index contributed by atoms with van der Waals surface area (Å²) >= 11 is 0. The van der Waals surface area contributed by atoms with Gasteiger partial charge < -0.3 is 20.1 Å². The zero-order valence-corrected chi connectivity index (χ0v) is 10.3. The van der Waals surface area contributed by atoms with Crippen molar-refractivity contribution in [1.29, 1.82) is 0 Å². The third-order valence-electron chi connectivity index (χ3n) is 2.98. The zero-order valence-electron chi connectivity index (χ0n) is 10.3. The molecule has 0 aromatic carbocycles. The van der Waals surface area contributed by atoms with Crippen molar-refractivity contribution in [2.45, 2.75) is 25.8 Å². The molecular formula is C11H20N2O4. The Kier molecular flexibility index (Phi) is 5.21. The van der Waals surface area contributed by atoms with Crippen LogP contribution in [0.1, 0.15) is 19.8 Å². The molecule has 6 heteroatoms. The van der Waals surface area contributed by atoms with E-state index in [0.29, 0.717) is 12.5 Å². The molecule has 1 rings (SSSR count). The molecule has 0 spiro atoms. The van der Waals surface area contributed by atoms with Crippen LogP contribution in [0.15, 0.2) is 0 Å². The van der Waals surface area contributed by atoms with Crippen molar-refractivity contribution in [1.82, 2.24) is 10.2 Å². The van der Waals surface area contributed by atoms with E-state index in [4.69, 9.17) is 9.84 Å². The zero-order chi connectivity index (χ0) is 12.8. The van der Waals surface area contributed by atoms with E-state index in [2.05, 4.69) is 5.32 Å². The molecule has 17 heavy (non-hydrogen) atoms. The van der Waals surface area contributed by atoms with Crippen LogP contribution in [-0.4, -0.2) is 54.9 Å². The Hall–Kier alpha value is -1.30. The first-order valence-electron chi connectivity index (χ1n) is 5.82. The molecule has 1 unspecified atom stereocenters. The van der Waals surface area contributed by atoms with Gasteiger partial charge >= 0.3 is 12.0 Å². The summed E-state index contributed by atoms with van der Waals surface area (Å²) < 4.78 is 4.81. The Morgan fingerprint density at radius 1 is 1.53 bits per heavy atom. The maximum atomic E-state index is 11.7. The quantitative estimate of drug-likeness (QED) is 0.640. The van der Waals surface area contributed by atoms with Crippen LogP contribution in [0.4, 0.5) is 4.79 Å². The lowest BCUT2D eigenvalue weighted by Crippen LogP contribution is -2.44. The van der Waals surface area contributed by atoms with E-state index >= 15 is 0 Å². The maximum Gasteiger partial charge on any atom is 0.329 e. The van der Waals surface area contributed by atoms with Gasteiger partial charge in [-0.05, 0) is 25.7 Å². The summed E-state index contributed by atoms with van der Waals surface area (Å²) in [7, 11) is 1.77. The molecule has 0 aromatic heterocycles. The van der Waals surface area contributed by atoms with Crippen LogP contribution in [0.3, 0.4) is 0 Å². The molecule has 0 heterocycles. The molecule has 98 valence electrons. The van der Waals surface area contributed by atoms with Gasteiger partial charge in [0, 0.05) is 19.6 Å². The molecule has 1 fully saturated rings. The minimum absolute atomic E-state index is 0.136. The summed E-state index contributed by atoms with van der Waals surface area (Å²) in [6, 6.07) is 0.123. The van der Waals surface area contributed by atoms with E-state index < -0.39 is 5.97 Å². The van der Waals surface area contributed by atoms with Gasteiger partial charge in [-0.2, -0.15) is 0 Å². The topological polar surface area (TPSA) is 78.9 Å². The predicted molar refractivity (Wildman–Crippen MR) is 61.8 cm³/mol. The smallest absolute Gasteiger partial charge is 0.329 e. The number of rotatable bonds is 7. The predicted octanol–water partition coefficient (Wildman–Crippen LogP) is 0.527. The van der Waals surface area contributed by atoms with Crippen LogP contribution in [0.5, 0.6) is 0 Å². The van der Waals surface area contributed by atoms with Gasteiger partial charge in [0.1, 0.15) is 6.61 Å². The molecule has 0 aromatic rings. The number of hydrogen-bond donors (Lipinski definition) is 2. The van der Waals surface area contributed by atoms with Crippen LogP contribution in [0.25, 0.3) is 0 Å². The second-order valence-electron chi connectivity index (χ2n) is 4.37. The Bertz CT molecular complexity index is 279. The molecule has 2 amide bonds. The van der Waals surface area contributed by atoms with Crippen molar-refractivity contribution in [3.05, 3.63) is 0 Å². The molecule has 0 bridgehead atoms. The van der Waals surface area contributed by atoms with Crippen molar-refractivity contribution in [3.8, 4) is 0 Å². The number of carboxylic acids is 1. The normalized spacial score (nSPS) is 16.4. The Balaban J connectivity index is 2.09. The highest BCUT2D eigenvalue weighted by Crippen LogP contribution is 2.34. The van der Waals surface area contributed by atoms with Crippen molar-refractivity contribution in [3.63, 3.8) is 0 Å². The highest BCUT2D eigenvalue weighted by Gasteiger charge is 2.32. The summed E-state index contributed by atoms with van der Waals surface area (Å²) in [5.74, 6) is -0.371. The molecule has 1 aliphatic carbocycles. The number of carbonyl (C=O) groups excluding carboxylic acids is 1. The fourth-order valence-electron chi connectivity index (χ4n) is 1.59. The third kappa shape index (κ3) is 5.04. The summed E-state index contributed by atoms with van der Waals surface area (Å²) in [5.41, 5.74) is 0. The molecular weight excluding hydrogens is 224 g/mol. The van der Waals surface area contributed by atoms with Crippen molar-refractivity contribution in [2.75, 3.05) is 26.8 Å². The van der Waals surface area contributed by atoms with Gasteiger partial charge in [0.25, 0.3) is 0 Å². The van der Waals surface area contributed by atoms with Gasteiger partial charge in [0.05, 0.1) is 6.61 Å². The maximum absolute atomic E-state index is 11.7. The number of urea groups is 1. The number of nitrogens with one attached hydrogen (secondary N) is 1. The first kappa shape index (κ1) is 13.8. The average molecular weight is 244 g/mol. The minimum atomic E-state index is -1.00. The van der Waals surface area contributed by atoms with E-state index in [-0.39, 0.29) is 25.3 Å². The first-order chi connectivity index (χ1) is 8.02. The van der Waals surface area contributed by atoms with Gasteiger partial charge in [-0.1, -0.05) is 0 Å². The van der Waals surface area contributed by atoms with Crippen LogP contribution in [-0.2, 0) is 9.53 Å². The van der Waals surface area contributed by atoms with Gasteiger partial charge in [-0.25, -0.2) is 9.59 Å². The molecule has 1 atom stereocenters. The van der Waals surface area contributed by atoms with Crippen LogP contribution in [0.2, 0.25) is 0 Å². The molecule has 1 saturated carbocycles. The fraction of sp³-hybridized carbons (Fsp3) is 0.818. The third-order valence-corrected chi connectivity index (χ3v) is 2.98. The fourth-order valence-corrected chi connectivity index (χ4v) is 1.59. The van der Waals surface area contributed by atoms with Gasteiger partial charge in [0.2, 0.25) is 0 Å². The van der Waals surface area contributed by atoms with E-state index in [1.54, 1.807) is 11.9 Å². The summed E-state index contributed by atoms with van der Waals surface area (Å²) in [4.78, 5) is 23.5. The van der Waals surface area contributed by atoms with E-state index in [0.717, 1.165) is 0 Å². The Morgan fingerprint density at radius 2 is 2.18 bits per heavy atom. The number of carbonyl (C=O) groups is 2. The molecule has 0 radical (unpaired) electrons. The number of ether oxygens (including phenoxy) is 1. The Labute approximate surface area is 101 Å². The van der Waals surface area contributed by atoms with Crippen molar-refractivity contribution >= 4 is 12.0 Å². The van der Waals surface area contributed by atoms with Gasteiger partial charge in [-0.3, -0.25) is 0 Å². The standard InChI is InChI=1S/C11H20N2O4/c1-8(9-3-4-9)13(2)11(16)12-5-6-17-7-10(14)15/h8-9H,3-7H2,1-2H3,(H,12,16)(H,14,15). The summed E-state index contributed by atoms with van der Waals surface area (Å²) in [5, 5.41) is 11.0. The lowest BCUT2D eigenvalue weighted by atomic mass is 10.2. The average Bonchev–Trinajstić information content (AvgIpc) is 3.09. The van der Waals surface area contributed by atoms with E-state index in [1.165, 1.54) is 12.8 Å². The molecule has 0 saturated heterocycles. The van der Waals surface area contributed by atoms with Gasteiger partial charge in [0.15, 0.2) is 0 Å². The van der Waals surface area contributed by atoms with Crippen molar-refractivity contribution < 1.29 is 19.4 Å². The molecule has 6 nitrogen and oxygen atoms in total. The highest BCUT2D eigenvalue weighted by molar-refractivity contribution is 5.74. The van der Waals surface area contributed by atoms with Crippen LogP contribution in [0, 0.1) is 5.92 Å². The second-order valence-corrected chi connectivity index (χ2v) is 4.37. The summed E-state index contributed by atoms with van der Waals surface area (Å²) in [6.07, 6.45) is 2.39. The number of carboxylic acid groups (broad SMARTS) is 1. The molecule has 2 N–H and O–H groups in total. The van der Waals surface area contributed by atoms with Crippen LogP contribution >= 0.6 is 0 Å². The monoisotopic (exact) mass is 244 g/mol.